The molecule has 0 spiro atoms. The second kappa shape index (κ2) is 13.3. The lowest BCUT2D eigenvalue weighted by Gasteiger charge is -2.14. The van der Waals surface area contributed by atoms with Gasteiger partial charge in [-0.3, -0.25) is 0 Å². The Balaban J connectivity index is 3.06. The van der Waals surface area contributed by atoms with Crippen LogP contribution in [-0.2, 0) is 0 Å². The molecule has 0 aliphatic heterocycles. The van der Waals surface area contributed by atoms with E-state index in [0.717, 1.165) is 0 Å². The fourth-order valence-electron chi connectivity index (χ4n) is 3.22. The summed E-state index contributed by atoms with van der Waals surface area (Å²) in [6, 6.07) is 0. The lowest BCUT2D eigenvalue weighted by Crippen LogP contribution is -1.94. The highest BCUT2D eigenvalue weighted by Crippen LogP contribution is 2.26. The molecule has 136 valence electrons. The highest BCUT2D eigenvalue weighted by atomic mass is 14.1. The molecule has 0 unspecified atom stereocenters. The van der Waals surface area contributed by atoms with Crippen molar-refractivity contribution in [3.05, 3.63) is 46.6 Å². The van der Waals surface area contributed by atoms with E-state index in [1.54, 1.807) is 22.3 Å². The molecule has 0 N–H and O–H groups in total. The van der Waals surface area contributed by atoms with E-state index < -0.39 is 0 Å². The molecule has 0 saturated heterocycles. The van der Waals surface area contributed by atoms with Gasteiger partial charge in [0.2, 0.25) is 0 Å². The topological polar surface area (TPSA) is 0 Å². The molecule has 1 rings (SSSR count). The normalized spacial score (nSPS) is 23.8. The van der Waals surface area contributed by atoms with Crippen LogP contribution in [0.2, 0.25) is 0 Å². The average Bonchev–Trinajstić information content (AvgIpc) is 2.57. The number of hydrogen-bond donors (Lipinski definition) is 0. The summed E-state index contributed by atoms with van der Waals surface area (Å²) in [6.45, 7) is 9.17. The molecule has 0 heteroatoms. The van der Waals surface area contributed by atoms with Crippen molar-refractivity contribution in [1.82, 2.24) is 0 Å². The number of unbranched alkanes of at least 4 members (excludes halogenated alkanes) is 4. The lowest BCUT2D eigenvalue weighted by molar-refractivity contribution is 0.767. The maximum absolute atomic E-state index is 2.51. The fourth-order valence-corrected chi connectivity index (χ4v) is 3.22. The molecule has 0 aromatic rings. The van der Waals surface area contributed by atoms with Crippen molar-refractivity contribution in [2.45, 2.75) is 105 Å². The second-order valence-corrected chi connectivity index (χ2v) is 7.29. The summed E-state index contributed by atoms with van der Waals surface area (Å²) in [4.78, 5) is 0. The summed E-state index contributed by atoms with van der Waals surface area (Å²) in [7, 11) is 0. The first-order valence-electron chi connectivity index (χ1n) is 10.6. The summed E-state index contributed by atoms with van der Waals surface area (Å²) in [5.74, 6) is 0. The third-order valence-electron chi connectivity index (χ3n) is 4.76. The van der Waals surface area contributed by atoms with Crippen LogP contribution in [-0.4, -0.2) is 0 Å². The van der Waals surface area contributed by atoms with Gasteiger partial charge < -0.3 is 0 Å². The molecular formula is C24H40. The molecule has 0 bridgehead atoms. The molecule has 0 aromatic carbocycles. The predicted molar refractivity (Wildman–Crippen MR) is 110 cm³/mol. The molecule has 1 aliphatic carbocycles. The summed E-state index contributed by atoms with van der Waals surface area (Å²) in [6.07, 6.45) is 25.3. The maximum Gasteiger partial charge on any atom is -0.0279 e. The number of rotatable bonds is 12. The van der Waals surface area contributed by atoms with Gasteiger partial charge in [0.15, 0.2) is 0 Å². The first kappa shape index (κ1) is 21.0. The van der Waals surface area contributed by atoms with Crippen LogP contribution in [0.15, 0.2) is 46.6 Å². The first-order chi connectivity index (χ1) is 11.7. The third kappa shape index (κ3) is 8.71. The Hall–Kier alpha value is -1.04. The van der Waals surface area contributed by atoms with Crippen LogP contribution in [0.5, 0.6) is 0 Å². The standard InChI is InChI=1S/C24H40/c1-5-9-13-21-17-22(14-10-6-2)19-24(16-12-8-4)20-23(18-21)15-11-7-3/h17-20H,5-16H2,1-4H3/b21-17-,21-18?,22-17?,22-19-,23-18-,23-20?,24-19?,24-20-. The van der Waals surface area contributed by atoms with Crippen molar-refractivity contribution in [2.24, 2.45) is 0 Å². The minimum absolute atomic E-state index is 1.23. The zero-order chi connectivity index (χ0) is 17.6. The van der Waals surface area contributed by atoms with E-state index in [-0.39, 0.29) is 0 Å². The van der Waals surface area contributed by atoms with Crippen LogP contribution >= 0.6 is 0 Å². The van der Waals surface area contributed by atoms with E-state index in [4.69, 9.17) is 0 Å². The van der Waals surface area contributed by atoms with E-state index in [0.29, 0.717) is 0 Å². The van der Waals surface area contributed by atoms with E-state index in [1.165, 1.54) is 77.0 Å². The molecule has 0 fully saturated rings. The smallest absolute Gasteiger partial charge is 0.0279 e. The Morgan fingerprint density at radius 2 is 0.625 bits per heavy atom. The van der Waals surface area contributed by atoms with E-state index in [2.05, 4.69) is 52.0 Å². The minimum Gasteiger partial charge on any atom is -0.0654 e. The van der Waals surface area contributed by atoms with Gasteiger partial charge in [0, 0.05) is 0 Å². The van der Waals surface area contributed by atoms with Gasteiger partial charge in [-0.25, -0.2) is 0 Å². The van der Waals surface area contributed by atoms with Crippen LogP contribution in [0.4, 0.5) is 0 Å². The summed E-state index contributed by atoms with van der Waals surface area (Å²) in [5, 5.41) is 0. The summed E-state index contributed by atoms with van der Waals surface area (Å²) in [5.41, 5.74) is 6.21. The molecule has 0 atom stereocenters. The van der Waals surface area contributed by atoms with Gasteiger partial charge >= 0.3 is 0 Å². The van der Waals surface area contributed by atoms with Crippen molar-refractivity contribution in [2.75, 3.05) is 0 Å². The van der Waals surface area contributed by atoms with E-state index in [9.17, 15) is 0 Å². The SMILES string of the molecule is CCCCC1=C/C(CCCC)=C\C(CCCC)=C/C(CCCC)=C\1. The second-order valence-electron chi connectivity index (χ2n) is 7.29. The number of hydrogen-bond acceptors (Lipinski definition) is 0. The van der Waals surface area contributed by atoms with Gasteiger partial charge in [-0.1, -0.05) is 77.7 Å². The quantitative estimate of drug-likeness (QED) is 0.337. The average molecular weight is 329 g/mol. The molecule has 0 aromatic heterocycles. The highest BCUT2D eigenvalue weighted by Gasteiger charge is 2.06. The van der Waals surface area contributed by atoms with Gasteiger partial charge in [-0.05, 0) is 73.7 Å². The minimum atomic E-state index is 1.23. The molecule has 0 saturated carbocycles. The Morgan fingerprint density at radius 1 is 0.417 bits per heavy atom. The molecule has 0 radical (unpaired) electrons. The molecule has 24 heavy (non-hydrogen) atoms. The van der Waals surface area contributed by atoms with Crippen LogP contribution < -0.4 is 0 Å². The van der Waals surface area contributed by atoms with Gasteiger partial charge in [0.05, 0.1) is 0 Å². The fraction of sp³-hybridized carbons (Fsp3) is 0.667. The summed E-state index contributed by atoms with van der Waals surface area (Å²) >= 11 is 0. The van der Waals surface area contributed by atoms with Crippen LogP contribution in [0.1, 0.15) is 105 Å². The van der Waals surface area contributed by atoms with Crippen LogP contribution in [0, 0.1) is 0 Å². The zero-order valence-electron chi connectivity index (χ0n) is 16.8. The molecular weight excluding hydrogens is 288 g/mol. The van der Waals surface area contributed by atoms with Crippen molar-refractivity contribution in [1.29, 1.82) is 0 Å². The molecule has 0 amide bonds. The summed E-state index contributed by atoms with van der Waals surface area (Å²) < 4.78 is 0. The van der Waals surface area contributed by atoms with Gasteiger partial charge in [0.1, 0.15) is 0 Å². The first-order valence-corrected chi connectivity index (χ1v) is 10.6. The van der Waals surface area contributed by atoms with Gasteiger partial charge in [0.25, 0.3) is 0 Å². The van der Waals surface area contributed by atoms with Crippen molar-refractivity contribution in [3.8, 4) is 0 Å². The van der Waals surface area contributed by atoms with Crippen molar-refractivity contribution in [3.63, 3.8) is 0 Å². The third-order valence-corrected chi connectivity index (χ3v) is 4.76. The number of allylic oxidation sites excluding steroid dienone is 8. The molecule has 0 nitrogen and oxygen atoms in total. The highest BCUT2D eigenvalue weighted by molar-refractivity contribution is 5.44. The Labute approximate surface area is 151 Å². The van der Waals surface area contributed by atoms with Crippen molar-refractivity contribution >= 4 is 0 Å². The Bertz CT molecular complexity index is 357. The maximum atomic E-state index is 2.51. The van der Waals surface area contributed by atoms with E-state index in [1.807, 2.05) is 0 Å². The Kier molecular flexibility index (Phi) is 11.6. The lowest BCUT2D eigenvalue weighted by atomic mass is 9.92. The van der Waals surface area contributed by atoms with E-state index >= 15 is 0 Å². The predicted octanol–water partition coefficient (Wildman–Crippen LogP) is 8.47. The van der Waals surface area contributed by atoms with Gasteiger partial charge in [-0.2, -0.15) is 0 Å². The monoisotopic (exact) mass is 328 g/mol. The zero-order valence-corrected chi connectivity index (χ0v) is 16.8. The Morgan fingerprint density at radius 3 is 0.792 bits per heavy atom. The van der Waals surface area contributed by atoms with Crippen LogP contribution in [0.25, 0.3) is 0 Å². The van der Waals surface area contributed by atoms with Crippen LogP contribution in [0.3, 0.4) is 0 Å². The molecule has 1 aliphatic rings. The molecule has 0 heterocycles. The largest absolute Gasteiger partial charge is 0.0654 e. The van der Waals surface area contributed by atoms with Gasteiger partial charge in [-0.15, -0.1) is 0 Å². The van der Waals surface area contributed by atoms with Crippen molar-refractivity contribution < 1.29 is 0 Å².